The molecule has 100 valence electrons. The molecule has 18 heavy (non-hydrogen) atoms. The van der Waals surface area contributed by atoms with E-state index in [0.717, 1.165) is 23.9 Å². The van der Waals surface area contributed by atoms with Crippen LogP contribution in [0.1, 0.15) is 13.3 Å². The molecule has 1 aromatic carbocycles. The number of primary sulfonamides is 1. The lowest BCUT2D eigenvalue weighted by Gasteiger charge is -2.10. The number of nitrogens with two attached hydrogens (primary N) is 1. The van der Waals surface area contributed by atoms with Gasteiger partial charge in [-0.1, -0.05) is 6.92 Å². The average Bonchev–Trinajstić information content (AvgIpc) is 2.25. The van der Waals surface area contributed by atoms with Crippen molar-refractivity contribution in [1.82, 2.24) is 0 Å². The van der Waals surface area contributed by atoms with E-state index in [4.69, 9.17) is 10.2 Å². The highest BCUT2D eigenvalue weighted by atomic mass is 32.2. The molecule has 0 saturated carbocycles. The van der Waals surface area contributed by atoms with E-state index < -0.39 is 27.1 Å². The third kappa shape index (κ3) is 3.69. The highest BCUT2D eigenvalue weighted by Crippen LogP contribution is 2.29. The zero-order valence-corrected chi connectivity index (χ0v) is 11.1. The van der Waals surface area contributed by atoms with Crippen molar-refractivity contribution in [2.24, 2.45) is 5.14 Å². The number of aliphatic carboxylic acids is 1. The number of sulfonamides is 1. The normalized spacial score (nSPS) is 13.3. The fourth-order valence-electron chi connectivity index (χ4n) is 1.22. The first-order valence-electron chi connectivity index (χ1n) is 4.97. The van der Waals surface area contributed by atoms with Gasteiger partial charge < -0.3 is 5.11 Å². The fraction of sp³-hybridized carbons (Fsp3) is 0.300. The van der Waals surface area contributed by atoms with Gasteiger partial charge in [-0.3, -0.25) is 4.79 Å². The van der Waals surface area contributed by atoms with Crippen LogP contribution in [0.15, 0.2) is 28.0 Å². The van der Waals surface area contributed by atoms with Crippen LogP contribution in [0, 0.1) is 5.82 Å². The number of benzene rings is 1. The molecule has 0 spiro atoms. The Balaban J connectivity index is 3.03. The van der Waals surface area contributed by atoms with Gasteiger partial charge in [0, 0.05) is 4.90 Å². The van der Waals surface area contributed by atoms with E-state index in [1.807, 2.05) is 0 Å². The molecule has 1 unspecified atom stereocenters. The van der Waals surface area contributed by atoms with Gasteiger partial charge in [0.25, 0.3) is 0 Å². The highest BCUT2D eigenvalue weighted by molar-refractivity contribution is 8.00. The molecule has 5 nitrogen and oxygen atoms in total. The molecule has 0 aromatic heterocycles. The van der Waals surface area contributed by atoms with E-state index in [1.165, 1.54) is 6.07 Å². The van der Waals surface area contributed by atoms with Gasteiger partial charge in [0.15, 0.2) is 0 Å². The van der Waals surface area contributed by atoms with E-state index in [-0.39, 0.29) is 9.79 Å². The topological polar surface area (TPSA) is 97.5 Å². The van der Waals surface area contributed by atoms with Crippen molar-refractivity contribution in [2.75, 3.05) is 0 Å². The molecule has 1 rings (SSSR count). The minimum atomic E-state index is -3.96. The minimum Gasteiger partial charge on any atom is -0.480 e. The molecule has 0 aliphatic carbocycles. The number of carboxylic acids is 1. The number of carboxylic acid groups (broad SMARTS) is 1. The summed E-state index contributed by atoms with van der Waals surface area (Å²) in [5, 5.41) is 12.9. The lowest BCUT2D eigenvalue weighted by molar-refractivity contribution is -0.136. The standard InChI is InChI=1S/C10H12FNO4S2/c1-2-8(10(13)14)17-9-4-3-6(5-7(9)11)18(12,15)16/h3-5,8H,2H2,1H3,(H,13,14)(H2,12,15,16). The number of hydrogen-bond donors (Lipinski definition) is 2. The van der Waals surface area contributed by atoms with Crippen molar-refractivity contribution < 1.29 is 22.7 Å². The molecule has 1 atom stereocenters. The van der Waals surface area contributed by atoms with E-state index in [1.54, 1.807) is 6.92 Å². The van der Waals surface area contributed by atoms with Gasteiger partial charge in [-0.2, -0.15) is 0 Å². The Morgan fingerprint density at radius 1 is 1.56 bits per heavy atom. The van der Waals surface area contributed by atoms with Gasteiger partial charge in [-0.25, -0.2) is 17.9 Å². The van der Waals surface area contributed by atoms with Crippen LogP contribution in [0.3, 0.4) is 0 Å². The maximum atomic E-state index is 13.6. The van der Waals surface area contributed by atoms with Gasteiger partial charge in [0.05, 0.1) is 4.90 Å². The average molecular weight is 293 g/mol. The molecular formula is C10H12FNO4S2. The fourth-order valence-corrected chi connectivity index (χ4v) is 2.63. The molecule has 0 bridgehead atoms. The molecule has 3 N–H and O–H groups in total. The first-order chi connectivity index (χ1) is 8.25. The summed E-state index contributed by atoms with van der Waals surface area (Å²) in [6, 6.07) is 3.15. The maximum Gasteiger partial charge on any atom is 0.316 e. The summed E-state index contributed by atoms with van der Waals surface area (Å²) >= 11 is 0.833. The molecule has 0 amide bonds. The largest absolute Gasteiger partial charge is 0.480 e. The van der Waals surface area contributed by atoms with E-state index in [2.05, 4.69) is 0 Å². The Labute approximate surface area is 108 Å². The van der Waals surface area contributed by atoms with Gasteiger partial charge >= 0.3 is 5.97 Å². The summed E-state index contributed by atoms with van der Waals surface area (Å²) in [6.07, 6.45) is 0.330. The predicted octanol–water partition coefficient (Wildman–Crippen LogP) is 1.43. The minimum absolute atomic E-state index is 0.0802. The van der Waals surface area contributed by atoms with Crippen molar-refractivity contribution in [3.05, 3.63) is 24.0 Å². The third-order valence-electron chi connectivity index (χ3n) is 2.15. The highest BCUT2D eigenvalue weighted by Gasteiger charge is 2.19. The Hall–Kier alpha value is -1.12. The number of carbonyl (C=O) groups is 1. The van der Waals surface area contributed by atoms with Gasteiger partial charge in [0.2, 0.25) is 10.0 Å². The second-order valence-corrected chi connectivity index (χ2v) is 6.30. The maximum absolute atomic E-state index is 13.6. The van der Waals surface area contributed by atoms with Crippen molar-refractivity contribution in [2.45, 2.75) is 28.4 Å². The Morgan fingerprint density at radius 3 is 2.56 bits per heavy atom. The van der Waals surface area contributed by atoms with Crippen molar-refractivity contribution in [1.29, 1.82) is 0 Å². The SMILES string of the molecule is CCC(Sc1ccc(S(N)(=O)=O)cc1F)C(=O)O. The van der Waals surface area contributed by atoms with Crippen LogP contribution in [0.5, 0.6) is 0 Å². The first kappa shape index (κ1) is 14.9. The van der Waals surface area contributed by atoms with Crippen LogP contribution < -0.4 is 5.14 Å². The van der Waals surface area contributed by atoms with Crippen molar-refractivity contribution >= 4 is 27.8 Å². The van der Waals surface area contributed by atoms with Crippen LogP contribution >= 0.6 is 11.8 Å². The van der Waals surface area contributed by atoms with E-state index in [9.17, 15) is 17.6 Å². The van der Waals surface area contributed by atoms with E-state index in [0.29, 0.717) is 6.42 Å². The summed E-state index contributed by atoms with van der Waals surface area (Å²) in [4.78, 5) is 10.6. The number of rotatable bonds is 5. The quantitative estimate of drug-likeness (QED) is 0.800. The summed E-state index contributed by atoms with van der Waals surface area (Å²) < 4.78 is 35.6. The molecule has 0 radical (unpaired) electrons. The zero-order valence-electron chi connectivity index (χ0n) is 9.46. The molecule has 0 fully saturated rings. The molecule has 0 aliphatic heterocycles. The molecule has 1 aromatic rings. The van der Waals surface area contributed by atoms with Crippen LogP contribution in [0.25, 0.3) is 0 Å². The second kappa shape index (κ2) is 5.68. The van der Waals surface area contributed by atoms with Crippen LogP contribution in [0.4, 0.5) is 4.39 Å². The van der Waals surface area contributed by atoms with E-state index >= 15 is 0 Å². The lowest BCUT2D eigenvalue weighted by atomic mass is 10.3. The smallest absolute Gasteiger partial charge is 0.316 e. The second-order valence-electron chi connectivity index (χ2n) is 3.49. The van der Waals surface area contributed by atoms with Gasteiger partial charge in [-0.05, 0) is 24.6 Å². The Bertz CT molecular complexity index is 559. The summed E-state index contributed by atoms with van der Waals surface area (Å²) in [5.41, 5.74) is 0. The summed E-state index contributed by atoms with van der Waals surface area (Å²) in [7, 11) is -3.96. The molecular weight excluding hydrogens is 281 g/mol. The summed E-state index contributed by atoms with van der Waals surface area (Å²) in [5.74, 6) is -1.84. The molecule has 0 aliphatic rings. The number of halogens is 1. The summed E-state index contributed by atoms with van der Waals surface area (Å²) in [6.45, 7) is 1.67. The predicted molar refractivity (Wildman–Crippen MR) is 65.3 cm³/mol. The lowest BCUT2D eigenvalue weighted by Crippen LogP contribution is -2.15. The third-order valence-corrected chi connectivity index (χ3v) is 4.46. The van der Waals surface area contributed by atoms with Gasteiger partial charge in [0.1, 0.15) is 11.1 Å². The Kier molecular flexibility index (Phi) is 4.71. The number of hydrogen-bond acceptors (Lipinski definition) is 4. The monoisotopic (exact) mass is 293 g/mol. The number of thioether (sulfide) groups is 1. The van der Waals surface area contributed by atoms with Crippen LogP contribution in [-0.4, -0.2) is 24.7 Å². The molecule has 0 saturated heterocycles. The first-order valence-corrected chi connectivity index (χ1v) is 7.40. The molecule has 8 heteroatoms. The van der Waals surface area contributed by atoms with Gasteiger partial charge in [-0.15, -0.1) is 11.8 Å². The Morgan fingerprint density at radius 2 is 2.17 bits per heavy atom. The van der Waals surface area contributed by atoms with Crippen LogP contribution in [-0.2, 0) is 14.8 Å². The molecule has 0 heterocycles. The zero-order chi connectivity index (χ0) is 13.9. The van der Waals surface area contributed by atoms with Crippen molar-refractivity contribution in [3.8, 4) is 0 Å². The van der Waals surface area contributed by atoms with Crippen LogP contribution in [0.2, 0.25) is 0 Å². The van der Waals surface area contributed by atoms with Crippen molar-refractivity contribution in [3.63, 3.8) is 0 Å².